The van der Waals surface area contributed by atoms with Gasteiger partial charge in [0.2, 0.25) is 0 Å². The molecule has 0 heterocycles. The van der Waals surface area contributed by atoms with Gasteiger partial charge in [0.1, 0.15) is 0 Å². The van der Waals surface area contributed by atoms with E-state index in [9.17, 15) is 0 Å². The highest BCUT2D eigenvalue weighted by molar-refractivity contribution is 5.92. The highest BCUT2D eigenvalue weighted by Crippen LogP contribution is 2.59. The van der Waals surface area contributed by atoms with E-state index in [4.69, 9.17) is 0 Å². The minimum atomic E-state index is -0.110. The minimum absolute atomic E-state index is 0.000257. The number of benzene rings is 5. The number of fused-ring (bicyclic) bond motifs is 11. The maximum Gasteiger partial charge on any atom is 0.0155 e. The van der Waals surface area contributed by atoms with Crippen LogP contribution < -0.4 is 20.9 Å². The SMILES string of the molecule is CC1(C)C2=C(CCC(C3=c4ccccc4=C(C4=CC=CCC4)C4C=CC=CC34)=C2)c2ccc(-c3ccc4c(c3)C(C)(C)C3CC(C5=c6ccccc6=C(C6=CC7=C(CC6)c6ccccc6C7(C)C)C6C=CC=CC56)=CC=C43)cc21. The van der Waals surface area contributed by atoms with Crippen molar-refractivity contribution >= 4 is 39.0 Å². The summed E-state index contributed by atoms with van der Waals surface area (Å²) in [6.45, 7) is 14.9. The summed E-state index contributed by atoms with van der Waals surface area (Å²) in [5.41, 5.74) is 31.2. The standard InChI is InChI=1S/C79H70/c1-77(2)67-31-19-18-22-53(67)54-39-34-50(44-70(54)77)75-63-27-14-16-29-65(63)76(66-30-17-15-28-64(66)75)52-36-41-58-56-38-33-49(43-69(56)79(5,6)72(58)46-52)48-32-37-55-57-40-35-51(45-71(57)78(3,4)68(55)42-48)74-61-25-12-10-23-59(61)73(47-20-8-7-9-21-47)60-24-11-13-26-62(60)74/h7-8,10-20,22-33,36-38,41-45,59,61,63,65,72H,9,21,34-35,39-40,46H2,1-6H3. The Bertz CT molecular complexity index is 4300. The van der Waals surface area contributed by atoms with Crippen molar-refractivity contribution in [2.24, 2.45) is 29.6 Å². The molecule has 5 aromatic carbocycles. The summed E-state index contributed by atoms with van der Waals surface area (Å²) < 4.78 is 0. The van der Waals surface area contributed by atoms with Crippen molar-refractivity contribution in [1.82, 2.24) is 0 Å². The molecule has 0 radical (unpaired) electrons. The topological polar surface area (TPSA) is 0 Å². The maximum absolute atomic E-state index is 2.65. The van der Waals surface area contributed by atoms with Gasteiger partial charge in [0, 0.05) is 34.5 Å². The maximum atomic E-state index is 2.65. The molecule has 0 N–H and O–H groups in total. The quantitative estimate of drug-likeness (QED) is 0.165. The molecule has 0 bridgehead atoms. The van der Waals surface area contributed by atoms with Gasteiger partial charge in [-0.3, -0.25) is 0 Å². The lowest BCUT2D eigenvalue weighted by Gasteiger charge is -2.38. The first kappa shape index (κ1) is 47.5. The summed E-state index contributed by atoms with van der Waals surface area (Å²) in [4.78, 5) is 0. The molecule has 0 amide bonds. The second kappa shape index (κ2) is 17.2. The number of allylic oxidation sites excluding steroid dienone is 24. The molecule has 0 saturated carbocycles. The van der Waals surface area contributed by atoms with Crippen molar-refractivity contribution in [2.45, 2.75) is 103 Å². The van der Waals surface area contributed by atoms with Gasteiger partial charge in [-0.25, -0.2) is 0 Å². The Kier molecular flexibility index (Phi) is 10.4. The van der Waals surface area contributed by atoms with Crippen LogP contribution in [0.15, 0.2) is 234 Å². The number of hydrogen-bond donors (Lipinski definition) is 0. The molecule has 11 aliphatic rings. The molecule has 0 nitrogen and oxygen atoms in total. The Morgan fingerprint density at radius 2 is 0.873 bits per heavy atom. The van der Waals surface area contributed by atoms with Gasteiger partial charge in [-0.05, 0) is 206 Å². The van der Waals surface area contributed by atoms with Crippen molar-refractivity contribution in [2.75, 3.05) is 0 Å². The van der Waals surface area contributed by atoms with Gasteiger partial charge in [-0.15, -0.1) is 0 Å². The second-order valence-corrected chi connectivity index (χ2v) is 26.3. The third kappa shape index (κ3) is 6.79. The van der Waals surface area contributed by atoms with Gasteiger partial charge in [0.15, 0.2) is 0 Å². The van der Waals surface area contributed by atoms with Crippen LogP contribution in [0.5, 0.6) is 0 Å². The molecular formula is C79H70. The zero-order valence-electron chi connectivity index (χ0n) is 46.9. The van der Waals surface area contributed by atoms with Crippen LogP contribution in [0.3, 0.4) is 0 Å². The lowest BCUT2D eigenvalue weighted by Crippen LogP contribution is -2.41. The molecular weight excluding hydrogens is 949 g/mol. The van der Waals surface area contributed by atoms with E-state index in [-0.39, 0.29) is 16.2 Å². The summed E-state index contributed by atoms with van der Waals surface area (Å²) in [7, 11) is 0. The molecule has 0 aromatic heterocycles. The Balaban J connectivity index is 0.735. The summed E-state index contributed by atoms with van der Waals surface area (Å²) in [5, 5.41) is 5.73. The molecule has 0 saturated heterocycles. The zero-order valence-corrected chi connectivity index (χ0v) is 46.9. The molecule has 5 aromatic rings. The van der Waals surface area contributed by atoms with E-state index in [1.165, 1.54) is 116 Å². The van der Waals surface area contributed by atoms with Crippen LogP contribution in [-0.2, 0) is 16.2 Å². The highest BCUT2D eigenvalue weighted by Gasteiger charge is 2.47. The summed E-state index contributed by atoms with van der Waals surface area (Å²) in [6.07, 6.45) is 44.2. The monoisotopic (exact) mass is 1020 g/mol. The molecule has 0 heteroatoms. The predicted molar refractivity (Wildman–Crippen MR) is 332 cm³/mol. The Morgan fingerprint density at radius 3 is 1.43 bits per heavy atom. The molecule has 11 aliphatic carbocycles. The lowest BCUT2D eigenvalue weighted by molar-refractivity contribution is 0.409. The molecule has 5 unspecified atom stereocenters. The van der Waals surface area contributed by atoms with Gasteiger partial charge < -0.3 is 0 Å². The first-order valence-corrected chi connectivity index (χ1v) is 29.9. The van der Waals surface area contributed by atoms with Crippen molar-refractivity contribution in [3.63, 3.8) is 0 Å². The summed E-state index contributed by atoms with van der Waals surface area (Å²) in [6, 6.07) is 42.9. The van der Waals surface area contributed by atoms with E-state index in [2.05, 4.69) is 242 Å². The molecule has 0 spiro atoms. The van der Waals surface area contributed by atoms with Gasteiger partial charge >= 0.3 is 0 Å². The van der Waals surface area contributed by atoms with E-state index in [0.717, 1.165) is 44.9 Å². The first-order chi connectivity index (χ1) is 38.5. The van der Waals surface area contributed by atoms with Gasteiger partial charge in [0.25, 0.3) is 0 Å². The minimum Gasteiger partial charge on any atom is -0.0842 e. The van der Waals surface area contributed by atoms with Crippen LogP contribution in [0, 0.1) is 29.6 Å². The fourth-order valence-corrected chi connectivity index (χ4v) is 17.5. The van der Waals surface area contributed by atoms with Crippen molar-refractivity contribution in [3.8, 4) is 11.1 Å². The molecule has 79 heavy (non-hydrogen) atoms. The third-order valence-electron chi connectivity index (χ3n) is 21.4. The van der Waals surface area contributed by atoms with E-state index < -0.39 is 0 Å². The average Bonchev–Trinajstić information content (AvgIpc) is 4.22. The number of hydrogen-bond acceptors (Lipinski definition) is 0. The van der Waals surface area contributed by atoms with Crippen LogP contribution in [0.25, 0.3) is 50.1 Å². The van der Waals surface area contributed by atoms with Crippen LogP contribution in [0.4, 0.5) is 0 Å². The zero-order chi connectivity index (χ0) is 53.1. The highest BCUT2D eigenvalue weighted by atomic mass is 14.5. The largest absolute Gasteiger partial charge is 0.0842 e. The van der Waals surface area contributed by atoms with E-state index >= 15 is 0 Å². The number of rotatable bonds is 5. The summed E-state index contributed by atoms with van der Waals surface area (Å²) in [5.74, 6) is 1.68. The van der Waals surface area contributed by atoms with Crippen LogP contribution in [0.2, 0.25) is 0 Å². The lowest BCUT2D eigenvalue weighted by atomic mass is 9.65. The smallest absolute Gasteiger partial charge is 0.0155 e. The van der Waals surface area contributed by atoms with Crippen molar-refractivity contribution < 1.29 is 0 Å². The van der Waals surface area contributed by atoms with Crippen molar-refractivity contribution in [1.29, 1.82) is 0 Å². The fraction of sp³-hybridized carbons (Fsp3) is 0.266. The molecule has 16 rings (SSSR count). The van der Waals surface area contributed by atoms with Crippen LogP contribution >= 0.6 is 0 Å². The molecule has 386 valence electrons. The fourth-order valence-electron chi connectivity index (χ4n) is 17.5. The molecule has 5 atom stereocenters. The van der Waals surface area contributed by atoms with Gasteiger partial charge in [0.05, 0.1) is 0 Å². The van der Waals surface area contributed by atoms with Gasteiger partial charge in [-0.2, -0.15) is 0 Å². The van der Waals surface area contributed by atoms with Crippen molar-refractivity contribution in [3.05, 3.63) is 288 Å². The second-order valence-electron chi connectivity index (χ2n) is 26.3. The van der Waals surface area contributed by atoms with Gasteiger partial charge in [-0.1, -0.05) is 230 Å². The predicted octanol–water partition coefficient (Wildman–Crippen LogP) is 16.2. The van der Waals surface area contributed by atoms with Crippen LogP contribution in [0.1, 0.15) is 120 Å². The first-order valence-electron chi connectivity index (χ1n) is 29.9. The molecule has 0 aliphatic heterocycles. The van der Waals surface area contributed by atoms with E-state index in [1.54, 1.807) is 22.3 Å². The van der Waals surface area contributed by atoms with Crippen LogP contribution in [-0.4, -0.2) is 0 Å². The summed E-state index contributed by atoms with van der Waals surface area (Å²) >= 11 is 0. The average molecular weight is 1020 g/mol. The molecule has 0 fully saturated rings. The normalized spacial score (nSPS) is 26.4. The van der Waals surface area contributed by atoms with E-state index in [1.807, 2.05) is 0 Å². The Morgan fingerprint density at radius 1 is 0.392 bits per heavy atom. The third-order valence-corrected chi connectivity index (χ3v) is 21.4. The Hall–Kier alpha value is -7.54. The Labute approximate surface area is 467 Å². The van der Waals surface area contributed by atoms with E-state index in [0.29, 0.717) is 29.6 Å².